The Morgan fingerprint density at radius 1 is 1.33 bits per heavy atom. The van der Waals surface area contributed by atoms with Crippen LogP contribution in [-0.4, -0.2) is 26.0 Å². The van der Waals surface area contributed by atoms with Crippen LogP contribution < -0.4 is 0 Å². The number of hydrogen-bond acceptors (Lipinski definition) is 2. The highest BCUT2D eigenvalue weighted by atomic mass is 16.4. The lowest BCUT2D eigenvalue weighted by molar-refractivity contribution is 0.0691. The number of fused-ring (bicyclic) bond motifs is 1. The van der Waals surface area contributed by atoms with Crippen molar-refractivity contribution >= 4 is 17.0 Å². The fourth-order valence-corrected chi connectivity index (χ4v) is 2.02. The lowest BCUT2D eigenvalue weighted by atomic mass is 10.1. The van der Waals surface area contributed by atoms with E-state index in [-0.39, 0.29) is 5.69 Å². The van der Waals surface area contributed by atoms with E-state index in [1.54, 1.807) is 12.1 Å². The van der Waals surface area contributed by atoms with Crippen LogP contribution in [0.3, 0.4) is 0 Å². The van der Waals surface area contributed by atoms with E-state index in [9.17, 15) is 4.79 Å². The number of aromatic nitrogens is 3. The smallest absolute Gasteiger partial charge is 0.352 e. The molecule has 0 aliphatic rings. The molecule has 0 spiro atoms. The van der Waals surface area contributed by atoms with Crippen molar-refractivity contribution in [1.82, 2.24) is 15.0 Å². The van der Waals surface area contributed by atoms with Gasteiger partial charge in [-0.1, -0.05) is 0 Å². The monoisotopic (exact) mass is 241 g/mol. The van der Waals surface area contributed by atoms with E-state index < -0.39 is 5.97 Å². The highest BCUT2D eigenvalue weighted by Gasteiger charge is 2.11. The van der Waals surface area contributed by atoms with Gasteiger partial charge in [0.1, 0.15) is 11.3 Å². The summed E-state index contributed by atoms with van der Waals surface area (Å²) in [4.78, 5) is 21.2. The van der Waals surface area contributed by atoms with E-state index in [0.717, 1.165) is 28.0 Å². The molecule has 0 aliphatic carbocycles. The van der Waals surface area contributed by atoms with Gasteiger partial charge in [0.15, 0.2) is 0 Å². The first kappa shape index (κ1) is 10.6. The number of aryl methyl sites for hydroxylation is 1. The van der Waals surface area contributed by atoms with Crippen molar-refractivity contribution in [2.45, 2.75) is 6.92 Å². The fourth-order valence-electron chi connectivity index (χ4n) is 2.02. The van der Waals surface area contributed by atoms with Crippen LogP contribution in [0.5, 0.6) is 0 Å². The zero-order valence-electron chi connectivity index (χ0n) is 9.69. The first-order chi connectivity index (χ1) is 8.65. The number of aromatic amines is 2. The molecular weight excluding hydrogens is 230 g/mol. The summed E-state index contributed by atoms with van der Waals surface area (Å²) in [5.74, 6) is -0.963. The van der Waals surface area contributed by atoms with Crippen LogP contribution in [0.4, 0.5) is 0 Å². The van der Waals surface area contributed by atoms with Crippen LogP contribution in [0.25, 0.3) is 22.3 Å². The number of carbonyl (C=O) groups is 1. The maximum absolute atomic E-state index is 10.8. The van der Waals surface area contributed by atoms with Gasteiger partial charge in [-0.3, -0.25) is 0 Å². The minimum atomic E-state index is -0.963. The molecule has 0 aliphatic heterocycles. The summed E-state index contributed by atoms with van der Waals surface area (Å²) in [7, 11) is 0. The van der Waals surface area contributed by atoms with Crippen molar-refractivity contribution in [3.8, 4) is 11.3 Å². The number of nitrogens with zero attached hydrogens (tertiary/aromatic N) is 1. The van der Waals surface area contributed by atoms with Gasteiger partial charge in [-0.05, 0) is 31.2 Å². The van der Waals surface area contributed by atoms with E-state index in [2.05, 4.69) is 15.0 Å². The number of hydrogen-bond donors (Lipinski definition) is 3. The molecule has 0 bridgehead atoms. The maximum atomic E-state index is 10.8. The Kier molecular flexibility index (Phi) is 2.19. The van der Waals surface area contributed by atoms with Gasteiger partial charge in [-0.25, -0.2) is 9.78 Å². The van der Waals surface area contributed by atoms with Gasteiger partial charge in [0.25, 0.3) is 0 Å². The molecule has 3 aromatic rings. The van der Waals surface area contributed by atoms with Gasteiger partial charge in [0, 0.05) is 28.5 Å². The number of aromatic carboxylic acids is 1. The molecule has 0 saturated heterocycles. The summed E-state index contributed by atoms with van der Waals surface area (Å²) < 4.78 is 0. The van der Waals surface area contributed by atoms with Crippen molar-refractivity contribution in [2.24, 2.45) is 0 Å². The molecule has 90 valence electrons. The van der Waals surface area contributed by atoms with E-state index in [1.165, 1.54) is 0 Å². The van der Waals surface area contributed by atoms with E-state index >= 15 is 0 Å². The van der Waals surface area contributed by atoms with Crippen LogP contribution in [0.1, 0.15) is 16.2 Å². The van der Waals surface area contributed by atoms with Crippen LogP contribution in [0, 0.1) is 6.92 Å². The van der Waals surface area contributed by atoms with Crippen molar-refractivity contribution in [3.63, 3.8) is 0 Å². The largest absolute Gasteiger partial charge is 0.477 e. The zero-order chi connectivity index (χ0) is 12.7. The molecule has 0 aromatic carbocycles. The molecular formula is C13H11N3O2. The lowest BCUT2D eigenvalue weighted by Gasteiger charge is -2.03. The number of rotatable bonds is 2. The molecule has 0 radical (unpaired) electrons. The second-order valence-corrected chi connectivity index (χ2v) is 4.13. The second-order valence-electron chi connectivity index (χ2n) is 4.13. The van der Waals surface area contributed by atoms with Gasteiger partial charge < -0.3 is 15.1 Å². The quantitative estimate of drug-likeness (QED) is 0.644. The minimum Gasteiger partial charge on any atom is -0.477 e. The predicted octanol–water partition coefficient (Wildman–Crippen LogP) is 2.56. The van der Waals surface area contributed by atoms with Crippen LogP contribution in [0.15, 0.2) is 30.5 Å². The third-order valence-corrected chi connectivity index (χ3v) is 2.93. The SMILES string of the molecule is Cc1nc2[nH]ccc2cc1-c1ccc(C(=O)O)[nH]1. The average Bonchev–Trinajstić information content (AvgIpc) is 2.94. The van der Waals surface area contributed by atoms with Crippen LogP contribution >= 0.6 is 0 Å². The normalized spacial score (nSPS) is 10.9. The summed E-state index contributed by atoms with van der Waals surface area (Å²) in [6.07, 6.45) is 1.83. The average molecular weight is 241 g/mol. The first-order valence-electron chi connectivity index (χ1n) is 5.52. The highest BCUT2D eigenvalue weighted by Crippen LogP contribution is 2.25. The van der Waals surface area contributed by atoms with E-state index in [4.69, 9.17) is 5.11 Å². The summed E-state index contributed by atoms with van der Waals surface area (Å²) in [6.45, 7) is 1.90. The highest BCUT2D eigenvalue weighted by molar-refractivity contribution is 5.88. The fraction of sp³-hybridized carbons (Fsp3) is 0.0769. The number of carboxylic acids is 1. The maximum Gasteiger partial charge on any atom is 0.352 e. The zero-order valence-corrected chi connectivity index (χ0v) is 9.69. The molecule has 0 amide bonds. The molecule has 0 fully saturated rings. The lowest BCUT2D eigenvalue weighted by Crippen LogP contribution is -1.96. The Bertz CT molecular complexity index is 740. The Morgan fingerprint density at radius 3 is 2.89 bits per heavy atom. The van der Waals surface area contributed by atoms with Crippen molar-refractivity contribution in [1.29, 1.82) is 0 Å². The van der Waals surface area contributed by atoms with Gasteiger partial charge >= 0.3 is 5.97 Å². The first-order valence-corrected chi connectivity index (χ1v) is 5.52. The molecule has 5 nitrogen and oxygen atoms in total. The standard InChI is InChI=1S/C13H11N3O2/c1-7-9(6-8-4-5-14-12(8)15-7)10-2-3-11(16-10)13(17)18/h2-6,16H,1H3,(H,14,15)(H,17,18). The summed E-state index contributed by atoms with van der Waals surface area (Å²) in [5, 5.41) is 9.90. The molecule has 18 heavy (non-hydrogen) atoms. The molecule has 5 heteroatoms. The second kappa shape index (κ2) is 3.73. The molecule has 0 atom stereocenters. The topological polar surface area (TPSA) is 81.8 Å². The Labute approximate surface area is 102 Å². The third kappa shape index (κ3) is 1.57. The van der Waals surface area contributed by atoms with Gasteiger partial charge in [0.2, 0.25) is 0 Å². The van der Waals surface area contributed by atoms with Gasteiger partial charge in [0.05, 0.1) is 0 Å². The number of H-pyrrole nitrogens is 2. The molecule has 3 heterocycles. The molecule has 0 saturated carbocycles. The Balaban J connectivity index is 2.17. The van der Waals surface area contributed by atoms with Crippen molar-refractivity contribution in [2.75, 3.05) is 0 Å². The minimum absolute atomic E-state index is 0.179. The van der Waals surface area contributed by atoms with Gasteiger partial charge in [-0.2, -0.15) is 0 Å². The number of pyridine rings is 1. The molecule has 3 rings (SSSR count). The molecule has 3 N–H and O–H groups in total. The summed E-state index contributed by atoms with van der Waals surface area (Å²) in [6, 6.07) is 7.24. The third-order valence-electron chi connectivity index (χ3n) is 2.93. The van der Waals surface area contributed by atoms with Crippen molar-refractivity contribution in [3.05, 3.63) is 41.9 Å². The predicted molar refractivity (Wildman–Crippen MR) is 67.6 cm³/mol. The molecule has 0 unspecified atom stereocenters. The van der Waals surface area contributed by atoms with E-state index in [0.29, 0.717) is 0 Å². The summed E-state index contributed by atoms with van der Waals surface area (Å²) >= 11 is 0. The van der Waals surface area contributed by atoms with Gasteiger partial charge in [-0.15, -0.1) is 0 Å². The van der Waals surface area contributed by atoms with E-state index in [1.807, 2.05) is 25.3 Å². The Hall–Kier alpha value is -2.56. The Morgan fingerprint density at radius 2 is 2.17 bits per heavy atom. The van der Waals surface area contributed by atoms with Crippen molar-refractivity contribution < 1.29 is 9.90 Å². The van der Waals surface area contributed by atoms with Crippen LogP contribution in [-0.2, 0) is 0 Å². The molecule has 3 aromatic heterocycles. The van der Waals surface area contributed by atoms with Crippen LogP contribution in [0.2, 0.25) is 0 Å². The number of nitrogens with one attached hydrogen (secondary N) is 2. The number of carboxylic acid groups (broad SMARTS) is 1. The summed E-state index contributed by atoms with van der Waals surface area (Å²) in [5.41, 5.74) is 3.54.